The predicted molar refractivity (Wildman–Crippen MR) is 97.5 cm³/mol. The molecule has 0 spiro atoms. The fraction of sp³-hybridized carbons (Fsp3) is 0.368. The first-order chi connectivity index (χ1) is 12.2. The van der Waals surface area contributed by atoms with E-state index in [1.165, 1.54) is 0 Å². The topological polar surface area (TPSA) is 58.6 Å². The average molecular weight is 358 g/mol. The van der Waals surface area contributed by atoms with Crippen LogP contribution in [0, 0.1) is 0 Å². The van der Waals surface area contributed by atoms with E-state index in [9.17, 15) is 9.59 Å². The molecule has 0 saturated carbocycles. The zero-order valence-electron chi connectivity index (χ0n) is 14.2. The van der Waals surface area contributed by atoms with Crippen LogP contribution < -0.4 is 5.32 Å². The average Bonchev–Trinajstić information content (AvgIpc) is 3.26. The Bertz CT molecular complexity index is 730. The van der Waals surface area contributed by atoms with Crippen molar-refractivity contribution in [2.75, 3.05) is 20.3 Å². The Labute approximate surface area is 151 Å². The summed E-state index contributed by atoms with van der Waals surface area (Å²) in [6, 6.07) is 11.4. The number of fused-ring (bicyclic) bond motifs is 1. The second kappa shape index (κ2) is 8.27. The van der Waals surface area contributed by atoms with Gasteiger partial charge < -0.3 is 15.0 Å². The minimum Gasteiger partial charge on any atom is -0.385 e. The minimum atomic E-state index is -0.234. The van der Waals surface area contributed by atoms with Crippen LogP contribution >= 0.6 is 11.3 Å². The van der Waals surface area contributed by atoms with E-state index in [1.54, 1.807) is 18.4 Å². The van der Waals surface area contributed by atoms with E-state index in [2.05, 4.69) is 5.32 Å². The van der Waals surface area contributed by atoms with Crippen molar-refractivity contribution in [3.05, 3.63) is 57.8 Å². The fourth-order valence-electron chi connectivity index (χ4n) is 3.07. The number of methoxy groups -OCH3 is 1. The number of benzene rings is 1. The van der Waals surface area contributed by atoms with Gasteiger partial charge in [-0.1, -0.05) is 24.3 Å². The molecule has 1 aliphatic heterocycles. The molecule has 1 N–H and O–H groups in total. The highest BCUT2D eigenvalue weighted by Gasteiger charge is 2.34. The van der Waals surface area contributed by atoms with Crippen molar-refractivity contribution >= 4 is 23.2 Å². The van der Waals surface area contributed by atoms with Crippen LogP contribution in [0.2, 0.25) is 0 Å². The number of carbonyl (C=O) groups is 2. The van der Waals surface area contributed by atoms with Crippen LogP contribution in [0.3, 0.4) is 0 Å². The molecule has 3 rings (SSSR count). The van der Waals surface area contributed by atoms with Gasteiger partial charge in [-0.05, 0) is 29.5 Å². The number of nitrogens with zero attached hydrogens (tertiary/aromatic N) is 1. The Hall–Kier alpha value is -2.18. The number of thiophene rings is 1. The largest absolute Gasteiger partial charge is 0.385 e. The lowest BCUT2D eigenvalue weighted by atomic mass is 10.1. The van der Waals surface area contributed by atoms with Gasteiger partial charge in [0.1, 0.15) is 0 Å². The standard InChI is InChI=1S/C19H22N2O3S/c1-24-10-5-9-20-18(22)12-16(17-8-4-11-25-17)21-13-14-6-2-3-7-15(14)19(21)23/h2-4,6-8,11,16H,5,9-10,12-13H2,1H3,(H,20,22)/t16-/m1/s1. The molecule has 0 unspecified atom stereocenters. The van der Waals surface area contributed by atoms with Crippen LogP contribution in [0.15, 0.2) is 41.8 Å². The Morgan fingerprint density at radius 2 is 2.16 bits per heavy atom. The molecular formula is C19H22N2O3S. The number of hydrogen-bond acceptors (Lipinski definition) is 4. The fourth-order valence-corrected chi connectivity index (χ4v) is 3.90. The van der Waals surface area contributed by atoms with Crippen molar-refractivity contribution < 1.29 is 14.3 Å². The molecule has 0 aliphatic carbocycles. The molecule has 1 aromatic heterocycles. The highest BCUT2D eigenvalue weighted by Crippen LogP contribution is 2.35. The van der Waals surface area contributed by atoms with Crippen molar-refractivity contribution in [2.45, 2.75) is 25.4 Å². The first-order valence-corrected chi connectivity index (χ1v) is 9.26. The van der Waals surface area contributed by atoms with Gasteiger partial charge in [-0.3, -0.25) is 9.59 Å². The second-order valence-electron chi connectivity index (χ2n) is 6.02. The third-order valence-electron chi connectivity index (χ3n) is 4.32. The van der Waals surface area contributed by atoms with Crippen LogP contribution in [-0.4, -0.2) is 37.0 Å². The number of amides is 2. The zero-order chi connectivity index (χ0) is 17.6. The Kier molecular flexibility index (Phi) is 5.83. The van der Waals surface area contributed by atoms with Crippen LogP contribution in [-0.2, 0) is 16.1 Å². The lowest BCUT2D eigenvalue weighted by Gasteiger charge is -2.26. The van der Waals surface area contributed by atoms with E-state index in [4.69, 9.17) is 4.74 Å². The molecule has 1 aliphatic rings. The van der Waals surface area contributed by atoms with Crippen LogP contribution in [0.25, 0.3) is 0 Å². The molecule has 1 atom stereocenters. The molecular weight excluding hydrogens is 336 g/mol. The predicted octanol–water partition coefficient (Wildman–Crippen LogP) is 2.99. The maximum Gasteiger partial charge on any atom is 0.255 e. The SMILES string of the molecule is COCCCNC(=O)C[C@H](c1cccs1)N1Cc2ccccc2C1=O. The van der Waals surface area contributed by atoms with Crippen molar-refractivity contribution in [1.29, 1.82) is 0 Å². The van der Waals surface area contributed by atoms with Gasteiger partial charge in [-0.25, -0.2) is 0 Å². The maximum absolute atomic E-state index is 12.8. The summed E-state index contributed by atoms with van der Waals surface area (Å²) >= 11 is 1.58. The second-order valence-corrected chi connectivity index (χ2v) is 7.00. The Morgan fingerprint density at radius 1 is 1.32 bits per heavy atom. The maximum atomic E-state index is 12.8. The molecule has 25 heavy (non-hydrogen) atoms. The van der Waals surface area contributed by atoms with Gasteiger partial charge in [0.25, 0.3) is 5.91 Å². The lowest BCUT2D eigenvalue weighted by Crippen LogP contribution is -2.34. The molecule has 2 heterocycles. The highest BCUT2D eigenvalue weighted by atomic mass is 32.1. The number of nitrogens with one attached hydrogen (secondary N) is 1. The third kappa shape index (κ3) is 4.08. The van der Waals surface area contributed by atoms with Gasteiger partial charge in [0.15, 0.2) is 0 Å². The lowest BCUT2D eigenvalue weighted by molar-refractivity contribution is -0.122. The van der Waals surface area contributed by atoms with Crippen molar-refractivity contribution in [3.8, 4) is 0 Å². The van der Waals surface area contributed by atoms with Crippen LogP contribution in [0.4, 0.5) is 0 Å². The summed E-state index contributed by atoms with van der Waals surface area (Å²) in [4.78, 5) is 28.0. The first-order valence-electron chi connectivity index (χ1n) is 8.38. The van der Waals surface area contributed by atoms with Gasteiger partial charge in [-0.2, -0.15) is 0 Å². The summed E-state index contributed by atoms with van der Waals surface area (Å²) < 4.78 is 4.99. The van der Waals surface area contributed by atoms with E-state index >= 15 is 0 Å². The molecule has 0 bridgehead atoms. The van der Waals surface area contributed by atoms with E-state index < -0.39 is 0 Å². The summed E-state index contributed by atoms with van der Waals surface area (Å²) in [5.74, 6) is -0.0422. The number of hydrogen-bond donors (Lipinski definition) is 1. The number of ether oxygens (including phenoxy) is 1. The van der Waals surface area contributed by atoms with Crippen LogP contribution in [0.1, 0.15) is 39.7 Å². The smallest absolute Gasteiger partial charge is 0.255 e. The molecule has 0 fully saturated rings. The molecule has 0 radical (unpaired) electrons. The van der Waals surface area contributed by atoms with Gasteiger partial charge in [-0.15, -0.1) is 11.3 Å². The monoisotopic (exact) mass is 358 g/mol. The molecule has 0 saturated heterocycles. The summed E-state index contributed by atoms with van der Waals surface area (Å²) in [6.45, 7) is 1.75. The van der Waals surface area contributed by atoms with Crippen molar-refractivity contribution in [3.63, 3.8) is 0 Å². The molecule has 5 nitrogen and oxygen atoms in total. The Balaban J connectivity index is 1.72. The molecule has 2 amide bonds. The highest BCUT2D eigenvalue weighted by molar-refractivity contribution is 7.10. The van der Waals surface area contributed by atoms with Crippen molar-refractivity contribution in [2.24, 2.45) is 0 Å². The molecule has 1 aromatic carbocycles. The summed E-state index contributed by atoms with van der Waals surface area (Å²) in [5.41, 5.74) is 1.76. The number of rotatable bonds is 8. The number of carbonyl (C=O) groups excluding carboxylic acids is 2. The minimum absolute atomic E-state index is 0.00110. The van der Waals surface area contributed by atoms with Gasteiger partial charge in [0.05, 0.1) is 12.5 Å². The quantitative estimate of drug-likeness (QED) is 0.738. The van der Waals surface area contributed by atoms with Gasteiger partial charge >= 0.3 is 0 Å². The van der Waals surface area contributed by atoms with Crippen LogP contribution in [0.5, 0.6) is 0 Å². The summed E-state index contributed by atoms with van der Waals surface area (Å²) in [6.07, 6.45) is 1.05. The van der Waals surface area contributed by atoms with E-state index in [0.29, 0.717) is 19.7 Å². The third-order valence-corrected chi connectivity index (χ3v) is 5.30. The summed E-state index contributed by atoms with van der Waals surface area (Å²) in [7, 11) is 1.64. The van der Waals surface area contributed by atoms with E-state index in [1.807, 2.05) is 46.7 Å². The van der Waals surface area contributed by atoms with Crippen molar-refractivity contribution in [1.82, 2.24) is 10.2 Å². The van der Waals surface area contributed by atoms with E-state index in [-0.39, 0.29) is 24.3 Å². The Morgan fingerprint density at radius 3 is 2.88 bits per heavy atom. The van der Waals surface area contributed by atoms with Gasteiger partial charge in [0.2, 0.25) is 5.91 Å². The normalized spacial score (nSPS) is 14.4. The summed E-state index contributed by atoms with van der Waals surface area (Å²) in [5, 5.41) is 4.90. The van der Waals surface area contributed by atoms with E-state index in [0.717, 1.165) is 22.4 Å². The molecule has 2 aromatic rings. The zero-order valence-corrected chi connectivity index (χ0v) is 15.1. The first kappa shape index (κ1) is 17.6. The molecule has 6 heteroatoms. The molecule has 132 valence electrons. The van der Waals surface area contributed by atoms with Gasteiger partial charge in [0, 0.05) is 37.2 Å².